The summed E-state index contributed by atoms with van der Waals surface area (Å²) in [4.78, 5) is 44.1. The Morgan fingerprint density at radius 3 is 2.26 bits per heavy atom. The van der Waals surface area contributed by atoms with Gasteiger partial charge in [0, 0.05) is 12.1 Å². The van der Waals surface area contributed by atoms with Gasteiger partial charge in [-0.05, 0) is 50.6 Å². The van der Waals surface area contributed by atoms with Gasteiger partial charge in [-0.1, -0.05) is 0 Å². The second-order valence-electron chi connectivity index (χ2n) is 5.87. The van der Waals surface area contributed by atoms with E-state index in [2.05, 4.69) is 0 Å². The molecule has 8 nitrogen and oxygen atoms in total. The summed E-state index contributed by atoms with van der Waals surface area (Å²) in [6.07, 6.45) is 1.68. The molecule has 1 aliphatic heterocycles. The Hall–Kier alpha value is -2.81. The molecule has 0 saturated carbocycles. The molecule has 27 heavy (non-hydrogen) atoms. The third-order valence-corrected chi connectivity index (χ3v) is 3.84. The van der Waals surface area contributed by atoms with Gasteiger partial charge in [0.05, 0.1) is 19.1 Å². The highest BCUT2D eigenvalue weighted by Gasteiger charge is 2.27. The largest absolute Gasteiger partial charge is 0.473 e. The lowest BCUT2D eigenvalue weighted by molar-refractivity contribution is -0.159. The van der Waals surface area contributed by atoms with Gasteiger partial charge >= 0.3 is 17.9 Å². The van der Waals surface area contributed by atoms with E-state index in [-0.39, 0.29) is 30.0 Å². The van der Waals surface area contributed by atoms with Crippen LogP contribution in [-0.4, -0.2) is 65.0 Å². The number of carbonyl (C=O) groups is 4. The lowest BCUT2D eigenvalue weighted by Crippen LogP contribution is -2.41. The number of aliphatic carboxylic acids is 2. The molecule has 1 aromatic carbocycles. The second kappa shape index (κ2) is 11.0. The monoisotopic (exact) mass is 383 g/mol. The first kappa shape index (κ1) is 22.2. The fraction of sp³-hybridized carbons (Fsp3) is 0.444. The number of nitrogens with zero attached hydrogens (tertiary/aromatic N) is 1. The van der Waals surface area contributed by atoms with Crippen LogP contribution in [0.2, 0.25) is 0 Å². The normalized spacial score (nSPS) is 16.6. The van der Waals surface area contributed by atoms with Crippen molar-refractivity contribution < 1.29 is 38.5 Å². The number of rotatable bonds is 5. The van der Waals surface area contributed by atoms with Crippen molar-refractivity contribution in [3.05, 3.63) is 35.6 Å². The van der Waals surface area contributed by atoms with Gasteiger partial charge in [-0.3, -0.25) is 14.5 Å². The van der Waals surface area contributed by atoms with E-state index in [1.807, 2.05) is 4.90 Å². The predicted molar refractivity (Wildman–Crippen MR) is 91.8 cm³/mol. The first-order valence-electron chi connectivity index (χ1n) is 8.38. The van der Waals surface area contributed by atoms with Crippen LogP contribution in [0.4, 0.5) is 4.39 Å². The number of ketones is 1. The number of benzene rings is 1. The SMILES string of the molecule is CCOC(=O)C1CCCN(CC(=O)c2ccc(F)cc2)C1.O=C(O)C(=O)O. The van der Waals surface area contributed by atoms with Gasteiger partial charge in [-0.25, -0.2) is 14.0 Å². The quantitative estimate of drug-likeness (QED) is 0.445. The molecule has 1 saturated heterocycles. The molecule has 1 aliphatic rings. The minimum atomic E-state index is -1.82. The highest BCUT2D eigenvalue weighted by atomic mass is 19.1. The predicted octanol–water partition coefficient (Wildman–Crippen LogP) is 1.44. The molecule has 1 heterocycles. The van der Waals surface area contributed by atoms with Crippen LogP contribution in [0.3, 0.4) is 0 Å². The fourth-order valence-corrected chi connectivity index (χ4v) is 2.58. The third-order valence-electron chi connectivity index (χ3n) is 3.84. The summed E-state index contributed by atoms with van der Waals surface area (Å²) in [5, 5.41) is 14.8. The molecule has 148 valence electrons. The summed E-state index contributed by atoms with van der Waals surface area (Å²) < 4.78 is 17.9. The zero-order valence-corrected chi connectivity index (χ0v) is 14.9. The Morgan fingerprint density at radius 1 is 1.15 bits per heavy atom. The van der Waals surface area contributed by atoms with Crippen LogP contribution < -0.4 is 0 Å². The van der Waals surface area contributed by atoms with Gasteiger partial charge in [-0.2, -0.15) is 0 Å². The number of esters is 1. The topological polar surface area (TPSA) is 121 Å². The molecule has 0 amide bonds. The number of Topliss-reactive ketones (excluding diaryl/α,β-unsaturated/α-hetero) is 1. The van der Waals surface area contributed by atoms with Gasteiger partial charge in [0.25, 0.3) is 0 Å². The van der Waals surface area contributed by atoms with Crippen LogP contribution in [0.25, 0.3) is 0 Å². The number of carbonyl (C=O) groups excluding carboxylic acids is 2. The highest BCUT2D eigenvalue weighted by Crippen LogP contribution is 2.18. The standard InChI is InChI=1S/C16H20FNO3.C2H2O4/c1-2-21-16(20)13-4-3-9-18(10-13)11-15(19)12-5-7-14(17)8-6-12;3-1(4)2(5)6/h5-8,13H,2-4,9-11H2,1H3;(H,3,4)(H,5,6). The van der Waals surface area contributed by atoms with Crippen LogP contribution in [0.5, 0.6) is 0 Å². The molecule has 0 spiro atoms. The van der Waals surface area contributed by atoms with E-state index >= 15 is 0 Å². The fourth-order valence-electron chi connectivity index (χ4n) is 2.58. The number of likely N-dealkylation sites (tertiary alicyclic amines) is 1. The molecule has 1 atom stereocenters. The van der Waals surface area contributed by atoms with Gasteiger partial charge in [0.2, 0.25) is 0 Å². The summed E-state index contributed by atoms with van der Waals surface area (Å²) in [6, 6.07) is 5.55. The molecule has 2 rings (SSSR count). The van der Waals surface area contributed by atoms with E-state index in [4.69, 9.17) is 24.5 Å². The van der Waals surface area contributed by atoms with E-state index in [1.54, 1.807) is 6.92 Å². The van der Waals surface area contributed by atoms with Crippen molar-refractivity contribution in [2.45, 2.75) is 19.8 Å². The van der Waals surface area contributed by atoms with Gasteiger partial charge in [0.15, 0.2) is 5.78 Å². The summed E-state index contributed by atoms with van der Waals surface area (Å²) in [5.74, 6) is -4.40. The number of carboxylic acid groups (broad SMARTS) is 2. The maximum absolute atomic E-state index is 12.8. The molecule has 0 bridgehead atoms. The van der Waals surface area contributed by atoms with Crippen molar-refractivity contribution in [2.24, 2.45) is 5.92 Å². The molecule has 2 N–H and O–H groups in total. The maximum atomic E-state index is 12.8. The van der Waals surface area contributed by atoms with Gasteiger partial charge < -0.3 is 14.9 Å². The molecule has 0 radical (unpaired) electrons. The lowest BCUT2D eigenvalue weighted by Gasteiger charge is -2.30. The Labute approximate surface area is 155 Å². The van der Waals surface area contributed by atoms with Gasteiger partial charge in [0.1, 0.15) is 5.82 Å². The van der Waals surface area contributed by atoms with Crippen LogP contribution in [0.15, 0.2) is 24.3 Å². The minimum absolute atomic E-state index is 0.0560. The summed E-state index contributed by atoms with van der Waals surface area (Å²) in [5.41, 5.74) is 0.495. The molecule has 1 aromatic rings. The number of hydrogen-bond donors (Lipinski definition) is 2. The Balaban J connectivity index is 0.000000527. The molecule has 0 aromatic heterocycles. The average molecular weight is 383 g/mol. The van der Waals surface area contributed by atoms with E-state index < -0.39 is 11.9 Å². The highest BCUT2D eigenvalue weighted by molar-refractivity contribution is 6.27. The zero-order chi connectivity index (χ0) is 20.4. The second-order valence-corrected chi connectivity index (χ2v) is 5.87. The van der Waals surface area contributed by atoms with Crippen LogP contribution in [-0.2, 0) is 19.1 Å². The number of ether oxygens (including phenoxy) is 1. The average Bonchev–Trinajstić information content (AvgIpc) is 2.63. The van der Waals surface area contributed by atoms with Gasteiger partial charge in [-0.15, -0.1) is 0 Å². The lowest BCUT2D eigenvalue weighted by atomic mass is 9.97. The van der Waals surface area contributed by atoms with E-state index in [1.165, 1.54) is 24.3 Å². The van der Waals surface area contributed by atoms with Crippen molar-refractivity contribution in [1.29, 1.82) is 0 Å². The van der Waals surface area contributed by atoms with Crippen molar-refractivity contribution in [3.63, 3.8) is 0 Å². The minimum Gasteiger partial charge on any atom is -0.473 e. The van der Waals surface area contributed by atoms with Crippen molar-refractivity contribution in [1.82, 2.24) is 4.90 Å². The Kier molecular flexibility index (Phi) is 9.07. The third kappa shape index (κ3) is 7.95. The molecule has 1 fully saturated rings. The molecule has 0 aliphatic carbocycles. The number of carboxylic acids is 2. The number of halogens is 1. The smallest absolute Gasteiger partial charge is 0.414 e. The van der Waals surface area contributed by atoms with Crippen molar-refractivity contribution in [3.8, 4) is 0 Å². The van der Waals surface area contributed by atoms with E-state index in [9.17, 15) is 14.0 Å². The van der Waals surface area contributed by atoms with E-state index in [0.717, 1.165) is 19.4 Å². The van der Waals surface area contributed by atoms with E-state index in [0.29, 0.717) is 18.7 Å². The first-order valence-corrected chi connectivity index (χ1v) is 8.38. The molecular weight excluding hydrogens is 361 g/mol. The molecule has 9 heteroatoms. The first-order chi connectivity index (χ1) is 12.7. The van der Waals surface area contributed by atoms with Crippen LogP contribution in [0, 0.1) is 11.7 Å². The zero-order valence-electron chi connectivity index (χ0n) is 14.9. The Bertz CT molecular complexity index is 663. The Morgan fingerprint density at radius 2 is 1.74 bits per heavy atom. The molecule has 1 unspecified atom stereocenters. The summed E-state index contributed by atoms with van der Waals surface area (Å²) in [7, 11) is 0. The summed E-state index contributed by atoms with van der Waals surface area (Å²) >= 11 is 0. The maximum Gasteiger partial charge on any atom is 0.414 e. The number of hydrogen-bond acceptors (Lipinski definition) is 6. The van der Waals surface area contributed by atoms with Crippen LogP contribution in [0.1, 0.15) is 30.1 Å². The summed E-state index contributed by atoms with van der Waals surface area (Å²) in [6.45, 7) is 3.76. The van der Waals surface area contributed by atoms with Crippen LogP contribution >= 0.6 is 0 Å². The number of piperidine rings is 1. The van der Waals surface area contributed by atoms with Crippen molar-refractivity contribution >= 4 is 23.7 Å². The van der Waals surface area contributed by atoms with Crippen molar-refractivity contribution in [2.75, 3.05) is 26.2 Å². The molecular formula is C18H22FNO7.